The molecule has 3 heteroatoms. The molecule has 88 valence electrons. The zero-order valence-corrected chi connectivity index (χ0v) is 11.1. The van der Waals surface area contributed by atoms with Crippen LogP contribution in [0.15, 0.2) is 30.3 Å². The molecule has 1 aromatic carbocycles. The number of aromatic nitrogens is 2. The quantitative estimate of drug-likeness (QED) is 0.800. The fourth-order valence-corrected chi connectivity index (χ4v) is 2.49. The van der Waals surface area contributed by atoms with Gasteiger partial charge < -0.3 is 4.98 Å². The second-order valence-electron chi connectivity index (χ2n) is 4.45. The van der Waals surface area contributed by atoms with Gasteiger partial charge in [0.05, 0.1) is 0 Å². The standard InChI is InChI=1S/C14H16N2S/c1-9(2)12-10(3)15-13(16-14(12)17)11-7-5-4-6-8-11/h4-9H,1-3H3,(H,15,16,17). The summed E-state index contributed by atoms with van der Waals surface area (Å²) >= 11 is 5.37. The van der Waals surface area contributed by atoms with Crippen molar-refractivity contribution < 1.29 is 0 Å². The van der Waals surface area contributed by atoms with Crippen molar-refractivity contribution in [3.05, 3.63) is 46.2 Å². The Bertz CT molecular complexity index is 571. The number of hydrogen-bond donors (Lipinski definition) is 1. The topological polar surface area (TPSA) is 28.7 Å². The van der Waals surface area contributed by atoms with Gasteiger partial charge in [0.25, 0.3) is 0 Å². The van der Waals surface area contributed by atoms with Gasteiger partial charge in [-0.05, 0) is 12.8 Å². The van der Waals surface area contributed by atoms with Crippen molar-refractivity contribution >= 4 is 12.2 Å². The molecule has 0 saturated heterocycles. The Kier molecular flexibility index (Phi) is 3.38. The van der Waals surface area contributed by atoms with Gasteiger partial charge in [-0.1, -0.05) is 56.4 Å². The lowest BCUT2D eigenvalue weighted by Crippen LogP contribution is -2.01. The SMILES string of the molecule is Cc1[nH]c(-c2ccccc2)nc(=S)c1C(C)C. The maximum Gasteiger partial charge on any atom is 0.139 e. The van der Waals surface area contributed by atoms with E-state index in [9.17, 15) is 0 Å². The summed E-state index contributed by atoms with van der Waals surface area (Å²) in [4.78, 5) is 7.82. The number of benzene rings is 1. The van der Waals surface area contributed by atoms with E-state index in [1.54, 1.807) is 0 Å². The molecule has 1 N–H and O–H groups in total. The summed E-state index contributed by atoms with van der Waals surface area (Å²) in [6.07, 6.45) is 0. The van der Waals surface area contributed by atoms with Gasteiger partial charge in [-0.2, -0.15) is 0 Å². The van der Waals surface area contributed by atoms with Crippen LogP contribution in [-0.4, -0.2) is 9.97 Å². The summed E-state index contributed by atoms with van der Waals surface area (Å²) in [6.45, 7) is 6.32. The molecule has 2 aromatic rings. The van der Waals surface area contributed by atoms with Crippen LogP contribution in [0.5, 0.6) is 0 Å². The third-order valence-electron chi connectivity index (χ3n) is 2.78. The number of nitrogens with one attached hydrogen (secondary N) is 1. The second-order valence-corrected chi connectivity index (χ2v) is 4.84. The van der Waals surface area contributed by atoms with Crippen LogP contribution >= 0.6 is 12.2 Å². The van der Waals surface area contributed by atoms with Crippen LogP contribution in [-0.2, 0) is 0 Å². The van der Waals surface area contributed by atoms with Crippen LogP contribution in [0.25, 0.3) is 11.4 Å². The van der Waals surface area contributed by atoms with E-state index in [4.69, 9.17) is 12.2 Å². The van der Waals surface area contributed by atoms with E-state index in [2.05, 4.69) is 30.7 Å². The van der Waals surface area contributed by atoms with Crippen molar-refractivity contribution in [2.24, 2.45) is 0 Å². The van der Waals surface area contributed by atoms with Crippen molar-refractivity contribution in [2.75, 3.05) is 0 Å². The highest BCUT2D eigenvalue weighted by Gasteiger charge is 2.09. The molecule has 17 heavy (non-hydrogen) atoms. The minimum Gasteiger partial charge on any atom is -0.343 e. The van der Waals surface area contributed by atoms with Gasteiger partial charge in [0.2, 0.25) is 0 Å². The van der Waals surface area contributed by atoms with Gasteiger partial charge in [-0.25, -0.2) is 4.98 Å². The van der Waals surface area contributed by atoms with E-state index in [-0.39, 0.29) is 0 Å². The first-order chi connectivity index (χ1) is 8.09. The Balaban J connectivity index is 2.58. The molecule has 1 aromatic heterocycles. The summed E-state index contributed by atoms with van der Waals surface area (Å²) < 4.78 is 0.704. The zero-order valence-electron chi connectivity index (χ0n) is 10.3. The minimum absolute atomic E-state index is 0.399. The molecule has 0 fully saturated rings. The predicted octanol–water partition coefficient (Wildman–Crippen LogP) is 4.24. The van der Waals surface area contributed by atoms with Crippen LogP contribution in [0.1, 0.15) is 31.0 Å². The van der Waals surface area contributed by atoms with E-state index < -0.39 is 0 Å². The lowest BCUT2D eigenvalue weighted by molar-refractivity contribution is 0.825. The molecule has 0 amide bonds. The number of rotatable bonds is 2. The van der Waals surface area contributed by atoms with E-state index in [1.807, 2.05) is 30.3 Å². The molecule has 2 rings (SSSR count). The van der Waals surface area contributed by atoms with Crippen LogP contribution in [0.4, 0.5) is 0 Å². The summed E-state index contributed by atoms with van der Waals surface area (Å²) in [5.41, 5.74) is 3.32. The second kappa shape index (κ2) is 4.80. The minimum atomic E-state index is 0.399. The summed E-state index contributed by atoms with van der Waals surface area (Å²) in [6, 6.07) is 10.1. The van der Waals surface area contributed by atoms with Gasteiger partial charge in [-0.15, -0.1) is 0 Å². The lowest BCUT2D eigenvalue weighted by Gasteiger charge is -2.11. The van der Waals surface area contributed by atoms with Crippen LogP contribution < -0.4 is 0 Å². The molecular formula is C14H16N2S. The molecule has 0 aliphatic rings. The van der Waals surface area contributed by atoms with Crippen molar-refractivity contribution in [1.82, 2.24) is 9.97 Å². The first kappa shape index (κ1) is 12.0. The van der Waals surface area contributed by atoms with E-state index in [0.29, 0.717) is 10.6 Å². The van der Waals surface area contributed by atoms with Crippen LogP contribution in [0, 0.1) is 11.6 Å². The molecule has 0 aliphatic heterocycles. The monoisotopic (exact) mass is 244 g/mol. The van der Waals surface area contributed by atoms with Gasteiger partial charge >= 0.3 is 0 Å². The van der Waals surface area contributed by atoms with Crippen molar-refractivity contribution in [2.45, 2.75) is 26.7 Å². The highest BCUT2D eigenvalue weighted by atomic mass is 32.1. The molecular weight excluding hydrogens is 228 g/mol. The third-order valence-corrected chi connectivity index (χ3v) is 3.09. The largest absolute Gasteiger partial charge is 0.343 e. The molecule has 0 spiro atoms. The number of aromatic amines is 1. The average Bonchev–Trinajstić information content (AvgIpc) is 2.28. The molecule has 0 bridgehead atoms. The Labute approximate surface area is 107 Å². The van der Waals surface area contributed by atoms with Crippen molar-refractivity contribution in [3.8, 4) is 11.4 Å². The predicted molar refractivity (Wildman–Crippen MR) is 73.7 cm³/mol. The third kappa shape index (κ3) is 2.44. The first-order valence-corrected chi connectivity index (χ1v) is 6.16. The van der Waals surface area contributed by atoms with Gasteiger partial charge in [0, 0.05) is 16.8 Å². The molecule has 0 aliphatic carbocycles. The fraction of sp³-hybridized carbons (Fsp3) is 0.286. The first-order valence-electron chi connectivity index (χ1n) is 5.76. The fourth-order valence-electron chi connectivity index (χ4n) is 2.01. The van der Waals surface area contributed by atoms with Crippen LogP contribution in [0.2, 0.25) is 0 Å². The van der Waals surface area contributed by atoms with E-state index in [0.717, 1.165) is 22.6 Å². The lowest BCUT2D eigenvalue weighted by atomic mass is 10.0. The highest BCUT2D eigenvalue weighted by Crippen LogP contribution is 2.21. The zero-order chi connectivity index (χ0) is 12.4. The smallest absolute Gasteiger partial charge is 0.139 e. The van der Waals surface area contributed by atoms with E-state index in [1.165, 1.54) is 0 Å². The normalized spacial score (nSPS) is 10.8. The molecule has 0 radical (unpaired) electrons. The molecule has 2 nitrogen and oxygen atoms in total. The van der Waals surface area contributed by atoms with E-state index >= 15 is 0 Å². The summed E-state index contributed by atoms with van der Waals surface area (Å²) in [5.74, 6) is 1.24. The Morgan fingerprint density at radius 1 is 1.18 bits per heavy atom. The average molecular weight is 244 g/mol. The Morgan fingerprint density at radius 2 is 1.82 bits per heavy atom. The maximum absolute atomic E-state index is 5.37. The number of aryl methyl sites for hydroxylation is 1. The number of hydrogen-bond acceptors (Lipinski definition) is 2. The van der Waals surface area contributed by atoms with Gasteiger partial charge in [0.15, 0.2) is 0 Å². The molecule has 0 unspecified atom stereocenters. The van der Waals surface area contributed by atoms with Crippen LogP contribution in [0.3, 0.4) is 0 Å². The Hall–Kier alpha value is -1.48. The summed E-state index contributed by atoms with van der Waals surface area (Å²) in [7, 11) is 0. The van der Waals surface area contributed by atoms with Crippen molar-refractivity contribution in [1.29, 1.82) is 0 Å². The number of nitrogens with zero attached hydrogens (tertiary/aromatic N) is 1. The number of H-pyrrole nitrogens is 1. The maximum atomic E-state index is 5.37. The summed E-state index contributed by atoms with van der Waals surface area (Å²) in [5, 5.41) is 0. The van der Waals surface area contributed by atoms with Gasteiger partial charge in [-0.3, -0.25) is 0 Å². The Morgan fingerprint density at radius 3 is 2.35 bits per heavy atom. The molecule has 0 atom stereocenters. The molecule has 0 saturated carbocycles. The van der Waals surface area contributed by atoms with Gasteiger partial charge in [0.1, 0.15) is 10.5 Å². The highest BCUT2D eigenvalue weighted by molar-refractivity contribution is 7.71. The molecule has 1 heterocycles. The van der Waals surface area contributed by atoms with Crippen molar-refractivity contribution in [3.63, 3.8) is 0 Å².